The highest BCUT2D eigenvalue weighted by atomic mass is 16.5. The predicted octanol–water partition coefficient (Wildman–Crippen LogP) is 2.73. The molecular formula is C20H22N2O6. The van der Waals surface area contributed by atoms with Crippen LogP contribution in [-0.2, 0) is 4.74 Å². The van der Waals surface area contributed by atoms with Crippen molar-refractivity contribution in [2.24, 2.45) is 0 Å². The highest BCUT2D eigenvalue weighted by molar-refractivity contribution is 6.05. The van der Waals surface area contributed by atoms with Crippen LogP contribution in [0, 0.1) is 0 Å². The van der Waals surface area contributed by atoms with Gasteiger partial charge in [-0.1, -0.05) is 0 Å². The number of nitrogens with one attached hydrogen (secondary N) is 1. The SMILES string of the molecule is COC(=O)c1ccc(N2c3c(ccc(OC)c3OC)C(=O)NC2C)c(OC)c1. The largest absolute Gasteiger partial charge is 0.495 e. The van der Waals surface area contributed by atoms with E-state index >= 15 is 0 Å². The van der Waals surface area contributed by atoms with Crippen LogP contribution in [0.15, 0.2) is 30.3 Å². The second-order valence-corrected chi connectivity index (χ2v) is 6.09. The monoisotopic (exact) mass is 386 g/mol. The molecule has 1 aliphatic rings. The molecule has 0 aliphatic carbocycles. The average Bonchev–Trinajstić information content (AvgIpc) is 2.72. The van der Waals surface area contributed by atoms with E-state index < -0.39 is 12.1 Å². The number of carbonyl (C=O) groups is 2. The maximum atomic E-state index is 12.6. The first-order valence-electron chi connectivity index (χ1n) is 8.58. The van der Waals surface area contributed by atoms with Gasteiger partial charge in [-0.3, -0.25) is 4.79 Å². The third-order valence-electron chi connectivity index (χ3n) is 4.59. The molecule has 1 N–H and O–H groups in total. The molecule has 28 heavy (non-hydrogen) atoms. The lowest BCUT2D eigenvalue weighted by atomic mass is 10.0. The van der Waals surface area contributed by atoms with Crippen LogP contribution in [0.1, 0.15) is 27.6 Å². The Hall–Kier alpha value is -3.42. The highest BCUT2D eigenvalue weighted by Gasteiger charge is 2.35. The number of benzene rings is 2. The van der Waals surface area contributed by atoms with Crippen LogP contribution in [0.4, 0.5) is 11.4 Å². The van der Waals surface area contributed by atoms with Crippen LogP contribution in [0.5, 0.6) is 17.2 Å². The Morgan fingerprint density at radius 1 is 1.00 bits per heavy atom. The maximum absolute atomic E-state index is 12.6. The van der Waals surface area contributed by atoms with E-state index in [1.807, 2.05) is 11.8 Å². The number of fused-ring (bicyclic) bond motifs is 1. The zero-order valence-electron chi connectivity index (χ0n) is 16.4. The van der Waals surface area contributed by atoms with Crippen molar-refractivity contribution in [3.05, 3.63) is 41.5 Å². The fraction of sp³-hybridized carbons (Fsp3) is 0.300. The number of carbonyl (C=O) groups excluding carboxylic acids is 2. The maximum Gasteiger partial charge on any atom is 0.337 e. The summed E-state index contributed by atoms with van der Waals surface area (Å²) in [5.74, 6) is 0.690. The molecule has 0 saturated carbocycles. The first kappa shape index (κ1) is 19.3. The number of rotatable bonds is 5. The van der Waals surface area contributed by atoms with E-state index in [4.69, 9.17) is 18.9 Å². The van der Waals surface area contributed by atoms with E-state index in [1.165, 1.54) is 28.4 Å². The summed E-state index contributed by atoms with van der Waals surface area (Å²) >= 11 is 0. The molecule has 0 fully saturated rings. The molecule has 3 rings (SSSR count). The smallest absolute Gasteiger partial charge is 0.337 e. The van der Waals surface area contributed by atoms with Crippen LogP contribution in [0.2, 0.25) is 0 Å². The zero-order chi connectivity index (χ0) is 20.4. The number of amides is 1. The third kappa shape index (κ3) is 3.06. The number of methoxy groups -OCH3 is 4. The van der Waals surface area contributed by atoms with Crippen molar-refractivity contribution < 1.29 is 28.5 Å². The van der Waals surface area contributed by atoms with E-state index in [9.17, 15) is 9.59 Å². The van der Waals surface area contributed by atoms with Gasteiger partial charge in [0.2, 0.25) is 0 Å². The van der Waals surface area contributed by atoms with Gasteiger partial charge in [-0.05, 0) is 37.3 Å². The normalized spacial score (nSPS) is 15.4. The van der Waals surface area contributed by atoms with Gasteiger partial charge in [-0.15, -0.1) is 0 Å². The highest BCUT2D eigenvalue weighted by Crippen LogP contribution is 2.47. The fourth-order valence-electron chi connectivity index (χ4n) is 3.31. The van der Waals surface area contributed by atoms with Gasteiger partial charge in [0, 0.05) is 0 Å². The molecule has 0 aromatic heterocycles. The van der Waals surface area contributed by atoms with Gasteiger partial charge >= 0.3 is 5.97 Å². The summed E-state index contributed by atoms with van der Waals surface area (Å²) in [7, 11) is 5.88. The quantitative estimate of drug-likeness (QED) is 0.791. The molecule has 8 nitrogen and oxygen atoms in total. The summed E-state index contributed by atoms with van der Waals surface area (Å²) in [6.07, 6.45) is -0.404. The van der Waals surface area contributed by atoms with Crippen molar-refractivity contribution in [1.29, 1.82) is 0 Å². The van der Waals surface area contributed by atoms with Crippen molar-refractivity contribution >= 4 is 23.3 Å². The molecule has 0 saturated heterocycles. The van der Waals surface area contributed by atoms with Gasteiger partial charge in [-0.2, -0.15) is 0 Å². The van der Waals surface area contributed by atoms with Crippen molar-refractivity contribution in [2.45, 2.75) is 13.1 Å². The minimum absolute atomic E-state index is 0.218. The minimum atomic E-state index is -0.468. The van der Waals surface area contributed by atoms with Crippen LogP contribution in [0.25, 0.3) is 0 Å². The summed E-state index contributed by atoms with van der Waals surface area (Å²) in [6.45, 7) is 1.84. The number of anilines is 2. The molecule has 1 atom stereocenters. The molecule has 0 bridgehead atoms. The van der Waals surface area contributed by atoms with Gasteiger partial charge in [0.15, 0.2) is 11.5 Å². The summed E-state index contributed by atoms with van der Waals surface area (Å²) in [4.78, 5) is 26.3. The molecule has 1 heterocycles. The van der Waals surface area contributed by atoms with E-state index in [-0.39, 0.29) is 5.91 Å². The Bertz CT molecular complexity index is 927. The fourth-order valence-corrected chi connectivity index (χ4v) is 3.31. The van der Waals surface area contributed by atoms with Crippen LogP contribution >= 0.6 is 0 Å². The average molecular weight is 386 g/mol. The van der Waals surface area contributed by atoms with Crippen molar-refractivity contribution in [2.75, 3.05) is 33.3 Å². The molecule has 1 amide bonds. The first-order chi connectivity index (χ1) is 13.5. The Morgan fingerprint density at radius 2 is 1.71 bits per heavy atom. The van der Waals surface area contributed by atoms with Gasteiger partial charge < -0.3 is 29.2 Å². The zero-order valence-corrected chi connectivity index (χ0v) is 16.4. The van der Waals surface area contributed by atoms with E-state index in [0.29, 0.717) is 39.8 Å². The molecule has 0 radical (unpaired) electrons. The van der Waals surface area contributed by atoms with E-state index in [0.717, 1.165) is 0 Å². The van der Waals surface area contributed by atoms with Crippen LogP contribution < -0.4 is 24.4 Å². The molecule has 0 spiro atoms. The molecule has 1 aliphatic heterocycles. The van der Waals surface area contributed by atoms with Crippen molar-refractivity contribution in [3.8, 4) is 17.2 Å². The third-order valence-corrected chi connectivity index (χ3v) is 4.59. The second-order valence-electron chi connectivity index (χ2n) is 6.09. The number of ether oxygens (including phenoxy) is 4. The lowest BCUT2D eigenvalue weighted by Gasteiger charge is -2.38. The van der Waals surface area contributed by atoms with Crippen LogP contribution in [0.3, 0.4) is 0 Å². The van der Waals surface area contributed by atoms with Gasteiger partial charge in [0.25, 0.3) is 5.91 Å². The molecule has 148 valence electrons. The Labute approximate surface area is 162 Å². The second kappa shape index (κ2) is 7.67. The first-order valence-corrected chi connectivity index (χ1v) is 8.58. The Morgan fingerprint density at radius 3 is 2.32 bits per heavy atom. The number of esters is 1. The predicted molar refractivity (Wildman–Crippen MR) is 103 cm³/mol. The van der Waals surface area contributed by atoms with Crippen LogP contribution in [-0.4, -0.2) is 46.5 Å². The van der Waals surface area contributed by atoms with Gasteiger partial charge in [0.1, 0.15) is 17.6 Å². The minimum Gasteiger partial charge on any atom is -0.495 e. The molecular weight excluding hydrogens is 364 g/mol. The number of nitrogens with zero attached hydrogens (tertiary/aromatic N) is 1. The molecule has 8 heteroatoms. The molecule has 1 unspecified atom stereocenters. The molecule has 2 aromatic carbocycles. The lowest BCUT2D eigenvalue weighted by Crippen LogP contribution is -2.49. The van der Waals surface area contributed by atoms with Gasteiger partial charge in [-0.25, -0.2) is 4.79 Å². The number of hydrogen-bond acceptors (Lipinski definition) is 7. The van der Waals surface area contributed by atoms with Gasteiger partial charge in [0.05, 0.1) is 45.3 Å². The van der Waals surface area contributed by atoms with E-state index in [2.05, 4.69) is 5.32 Å². The van der Waals surface area contributed by atoms with Crippen molar-refractivity contribution in [1.82, 2.24) is 5.32 Å². The summed E-state index contributed by atoms with van der Waals surface area (Å²) < 4.78 is 21.3. The standard InChI is InChI=1S/C20H22N2O6/c1-11-21-19(23)13-7-9-15(25-2)18(27-4)17(13)22(11)14-8-6-12(20(24)28-5)10-16(14)26-3/h6-11H,1-5H3,(H,21,23). The summed E-state index contributed by atoms with van der Waals surface area (Å²) in [6, 6.07) is 8.33. The van der Waals surface area contributed by atoms with Crippen molar-refractivity contribution in [3.63, 3.8) is 0 Å². The topological polar surface area (TPSA) is 86.3 Å². The summed E-state index contributed by atoms with van der Waals surface area (Å²) in [5.41, 5.74) is 2.00. The number of hydrogen-bond donors (Lipinski definition) is 1. The lowest BCUT2D eigenvalue weighted by molar-refractivity contribution is 0.0600. The van der Waals surface area contributed by atoms with E-state index in [1.54, 1.807) is 30.3 Å². The summed E-state index contributed by atoms with van der Waals surface area (Å²) in [5, 5.41) is 2.92. The Kier molecular flexibility index (Phi) is 5.30. The molecule has 2 aromatic rings. The Balaban J connectivity index is 2.25.